The summed E-state index contributed by atoms with van der Waals surface area (Å²) >= 11 is 3.33. The van der Waals surface area contributed by atoms with E-state index in [4.69, 9.17) is 9.47 Å². The fourth-order valence-electron chi connectivity index (χ4n) is 3.03. The van der Waals surface area contributed by atoms with Crippen LogP contribution in [-0.2, 0) is 4.79 Å². The molecule has 0 bridgehead atoms. The molecule has 0 saturated heterocycles. The molecule has 1 amide bonds. The van der Waals surface area contributed by atoms with E-state index in [0.29, 0.717) is 15.7 Å². The second-order valence-corrected chi connectivity index (χ2v) is 7.88. The van der Waals surface area contributed by atoms with Crippen molar-refractivity contribution in [3.05, 3.63) is 96.5 Å². The number of hydrogen-bond donors (Lipinski definition) is 1. The minimum atomic E-state index is -0.793. The molecule has 0 aromatic heterocycles. The maximum atomic E-state index is 12.5. The topological polar surface area (TPSA) is 158 Å². The Hall–Kier alpha value is -4.76. The number of halogens is 1. The number of amides is 1. The summed E-state index contributed by atoms with van der Waals surface area (Å²) in [7, 11) is 0. The molecule has 0 radical (unpaired) electrons. The lowest BCUT2D eigenvalue weighted by Gasteiger charge is -2.14. The summed E-state index contributed by atoms with van der Waals surface area (Å²) in [4.78, 5) is 33.5. The standard InChI is InChI=1S/C24H17BrN4O7/c1-2-35-22-12-15(10-16(14-26)24(30)27-17-6-4-3-5-7-17)11-19(25)23(22)36-21-9-8-18(28(31)32)13-20(21)29(33)34/h3-13H,2H2,1H3,(H,27,30)/b16-10-. The van der Waals surface area contributed by atoms with E-state index in [9.17, 15) is 30.3 Å². The molecule has 0 spiro atoms. The van der Waals surface area contributed by atoms with E-state index < -0.39 is 27.1 Å². The first kappa shape index (κ1) is 25.9. The van der Waals surface area contributed by atoms with Gasteiger partial charge in [0.15, 0.2) is 11.5 Å². The molecule has 1 N–H and O–H groups in total. The van der Waals surface area contributed by atoms with E-state index >= 15 is 0 Å². The van der Waals surface area contributed by atoms with E-state index in [1.807, 2.05) is 6.07 Å². The summed E-state index contributed by atoms with van der Waals surface area (Å²) in [6.45, 7) is 1.92. The van der Waals surface area contributed by atoms with Crippen molar-refractivity contribution in [3.63, 3.8) is 0 Å². The van der Waals surface area contributed by atoms with Crippen molar-refractivity contribution >= 4 is 45.0 Å². The zero-order valence-corrected chi connectivity index (χ0v) is 20.2. The second-order valence-electron chi connectivity index (χ2n) is 7.02. The van der Waals surface area contributed by atoms with Crippen molar-refractivity contribution in [2.45, 2.75) is 6.92 Å². The van der Waals surface area contributed by atoms with Crippen molar-refractivity contribution in [1.29, 1.82) is 5.26 Å². The van der Waals surface area contributed by atoms with Crippen LogP contribution in [0, 0.1) is 31.6 Å². The summed E-state index contributed by atoms with van der Waals surface area (Å²) < 4.78 is 11.6. The lowest BCUT2D eigenvalue weighted by atomic mass is 10.1. The number of non-ortho nitro benzene ring substituents is 1. The van der Waals surface area contributed by atoms with Crippen LogP contribution in [0.2, 0.25) is 0 Å². The fourth-order valence-corrected chi connectivity index (χ4v) is 3.57. The van der Waals surface area contributed by atoms with E-state index in [-0.39, 0.29) is 29.4 Å². The van der Waals surface area contributed by atoms with Crippen LogP contribution in [0.3, 0.4) is 0 Å². The summed E-state index contributed by atoms with van der Waals surface area (Å²) in [6, 6.07) is 16.5. The zero-order chi connectivity index (χ0) is 26.2. The van der Waals surface area contributed by atoms with Gasteiger partial charge in [0.1, 0.15) is 11.6 Å². The van der Waals surface area contributed by atoms with E-state index in [2.05, 4.69) is 21.2 Å². The van der Waals surface area contributed by atoms with Gasteiger partial charge in [0.05, 0.1) is 27.0 Å². The molecule has 3 aromatic carbocycles. The Morgan fingerprint density at radius 1 is 1.08 bits per heavy atom. The Balaban J connectivity index is 1.98. The van der Waals surface area contributed by atoms with Gasteiger partial charge in [-0.25, -0.2) is 0 Å². The van der Waals surface area contributed by atoms with Gasteiger partial charge in [0, 0.05) is 11.8 Å². The smallest absolute Gasteiger partial charge is 0.318 e. The zero-order valence-electron chi connectivity index (χ0n) is 18.6. The number of nitrogens with one attached hydrogen (secondary N) is 1. The Bertz CT molecular complexity index is 1400. The lowest BCUT2D eigenvalue weighted by molar-refractivity contribution is -0.394. The Labute approximate surface area is 213 Å². The number of para-hydroxylation sites is 1. The summed E-state index contributed by atoms with van der Waals surface area (Å²) in [6.07, 6.45) is 1.35. The first-order chi connectivity index (χ1) is 17.2. The van der Waals surface area contributed by atoms with Gasteiger partial charge in [-0.05, 0) is 64.8 Å². The number of ether oxygens (including phenoxy) is 2. The maximum absolute atomic E-state index is 12.5. The van der Waals surface area contributed by atoms with Crippen molar-refractivity contribution < 1.29 is 24.1 Å². The third-order valence-corrected chi connectivity index (χ3v) is 5.19. The number of carbonyl (C=O) groups is 1. The quantitative estimate of drug-likeness (QED) is 0.146. The minimum Gasteiger partial charge on any atom is -0.490 e. The van der Waals surface area contributed by atoms with E-state index in [1.165, 1.54) is 18.2 Å². The van der Waals surface area contributed by atoms with Gasteiger partial charge in [-0.2, -0.15) is 5.26 Å². The van der Waals surface area contributed by atoms with Crippen LogP contribution < -0.4 is 14.8 Å². The van der Waals surface area contributed by atoms with Crippen LogP contribution in [-0.4, -0.2) is 22.4 Å². The van der Waals surface area contributed by atoms with Crippen molar-refractivity contribution in [2.75, 3.05) is 11.9 Å². The average Bonchev–Trinajstić information content (AvgIpc) is 2.85. The number of carbonyl (C=O) groups excluding carboxylic acids is 1. The summed E-state index contributed by atoms with van der Waals surface area (Å²) in [5.74, 6) is -0.625. The van der Waals surface area contributed by atoms with E-state index in [0.717, 1.165) is 18.2 Å². The van der Waals surface area contributed by atoms with Crippen LogP contribution in [0.15, 0.2) is 70.7 Å². The Kier molecular flexibility index (Phi) is 8.32. The fraction of sp³-hybridized carbons (Fsp3) is 0.0833. The molecule has 0 aliphatic rings. The van der Waals surface area contributed by atoms with Gasteiger partial charge in [0.2, 0.25) is 5.75 Å². The molecule has 3 rings (SSSR count). The van der Waals surface area contributed by atoms with E-state index in [1.54, 1.807) is 37.3 Å². The molecule has 12 heteroatoms. The normalized spacial score (nSPS) is 10.8. The lowest BCUT2D eigenvalue weighted by Crippen LogP contribution is -2.13. The predicted molar refractivity (Wildman–Crippen MR) is 134 cm³/mol. The molecule has 0 saturated carbocycles. The third kappa shape index (κ3) is 6.22. The number of anilines is 1. The van der Waals surface area contributed by atoms with Gasteiger partial charge >= 0.3 is 5.69 Å². The highest BCUT2D eigenvalue weighted by Gasteiger charge is 2.23. The first-order valence-electron chi connectivity index (χ1n) is 10.3. The molecular formula is C24H17BrN4O7. The number of nitro groups is 2. The van der Waals surface area contributed by atoms with Crippen LogP contribution in [0.5, 0.6) is 17.2 Å². The first-order valence-corrected chi connectivity index (χ1v) is 11.1. The third-order valence-electron chi connectivity index (χ3n) is 4.60. The van der Waals surface area contributed by atoms with Gasteiger partial charge in [-0.1, -0.05) is 18.2 Å². The molecule has 0 atom stereocenters. The van der Waals surface area contributed by atoms with Crippen molar-refractivity contribution in [3.8, 4) is 23.3 Å². The minimum absolute atomic E-state index is 0.0678. The molecule has 0 aliphatic carbocycles. The van der Waals surface area contributed by atoms with Gasteiger partial charge in [0.25, 0.3) is 11.6 Å². The molecular weight excluding hydrogens is 536 g/mol. The highest BCUT2D eigenvalue weighted by Crippen LogP contribution is 2.43. The SMILES string of the molecule is CCOc1cc(/C=C(/C#N)C(=O)Nc2ccccc2)cc(Br)c1Oc1ccc([N+](=O)[O-])cc1[N+](=O)[O-]. The maximum Gasteiger partial charge on any atom is 0.318 e. The number of nitrogens with zero attached hydrogens (tertiary/aromatic N) is 3. The highest BCUT2D eigenvalue weighted by molar-refractivity contribution is 9.10. The molecule has 0 fully saturated rings. The monoisotopic (exact) mass is 552 g/mol. The number of hydrogen-bond acceptors (Lipinski definition) is 8. The van der Waals surface area contributed by atoms with Gasteiger partial charge < -0.3 is 14.8 Å². The molecule has 0 unspecified atom stereocenters. The average molecular weight is 553 g/mol. The number of nitriles is 1. The number of rotatable bonds is 9. The molecule has 0 aliphatic heterocycles. The van der Waals surface area contributed by atoms with Gasteiger partial charge in [-0.3, -0.25) is 25.0 Å². The van der Waals surface area contributed by atoms with Gasteiger partial charge in [-0.15, -0.1) is 0 Å². The number of nitro benzene ring substituents is 2. The summed E-state index contributed by atoms with van der Waals surface area (Å²) in [5.41, 5.74) is -0.305. The van der Waals surface area contributed by atoms with Crippen LogP contribution >= 0.6 is 15.9 Å². The molecule has 3 aromatic rings. The Morgan fingerprint density at radius 2 is 1.81 bits per heavy atom. The molecule has 36 heavy (non-hydrogen) atoms. The highest BCUT2D eigenvalue weighted by atomic mass is 79.9. The summed E-state index contributed by atoms with van der Waals surface area (Å²) in [5, 5.41) is 34.6. The number of benzene rings is 3. The van der Waals surface area contributed by atoms with Crippen molar-refractivity contribution in [1.82, 2.24) is 0 Å². The van der Waals surface area contributed by atoms with Crippen molar-refractivity contribution in [2.24, 2.45) is 0 Å². The second kappa shape index (κ2) is 11.6. The van der Waals surface area contributed by atoms with Crippen LogP contribution in [0.25, 0.3) is 6.08 Å². The van der Waals surface area contributed by atoms with Crippen LogP contribution in [0.1, 0.15) is 12.5 Å². The largest absolute Gasteiger partial charge is 0.490 e. The molecule has 182 valence electrons. The molecule has 0 heterocycles. The molecule has 11 nitrogen and oxygen atoms in total. The Morgan fingerprint density at radius 3 is 2.42 bits per heavy atom. The van der Waals surface area contributed by atoms with Crippen LogP contribution in [0.4, 0.5) is 17.1 Å². The predicted octanol–water partition coefficient (Wildman–Crippen LogP) is 6.00.